The average Bonchev–Trinajstić information content (AvgIpc) is 2.73. The summed E-state index contributed by atoms with van der Waals surface area (Å²) in [6, 6.07) is 6.85. The van der Waals surface area contributed by atoms with Gasteiger partial charge in [0.1, 0.15) is 0 Å². The normalized spacial score (nSPS) is 11.2. The van der Waals surface area contributed by atoms with Crippen molar-refractivity contribution >= 4 is 38.5 Å². The predicted octanol–water partition coefficient (Wildman–Crippen LogP) is 3.74. The standard InChI is InChI=1S/C13H15BrIN3/c1-9(2)16-6-10-3-4-13(12(14)5-10)18-8-11(15)7-17-18/h3-5,7-9,16H,6H2,1-2H3. The molecule has 5 heteroatoms. The number of aromatic nitrogens is 2. The molecule has 0 fully saturated rings. The molecule has 0 saturated heterocycles. The maximum absolute atomic E-state index is 4.31. The Bertz CT molecular complexity index is 537. The van der Waals surface area contributed by atoms with Crippen molar-refractivity contribution < 1.29 is 0 Å². The highest BCUT2D eigenvalue weighted by Gasteiger charge is 2.05. The predicted molar refractivity (Wildman–Crippen MR) is 86.0 cm³/mol. The lowest BCUT2D eigenvalue weighted by molar-refractivity contribution is 0.588. The minimum absolute atomic E-state index is 0.496. The van der Waals surface area contributed by atoms with Crippen LogP contribution in [0.2, 0.25) is 0 Å². The second-order valence-corrected chi connectivity index (χ2v) is 6.52. The zero-order chi connectivity index (χ0) is 13.1. The van der Waals surface area contributed by atoms with E-state index in [9.17, 15) is 0 Å². The van der Waals surface area contributed by atoms with E-state index in [-0.39, 0.29) is 0 Å². The molecular weight excluding hydrogens is 405 g/mol. The molecule has 0 amide bonds. The number of hydrogen-bond acceptors (Lipinski definition) is 2. The molecule has 0 unspecified atom stereocenters. The van der Waals surface area contributed by atoms with E-state index in [1.807, 2.05) is 17.1 Å². The highest BCUT2D eigenvalue weighted by Crippen LogP contribution is 2.22. The van der Waals surface area contributed by atoms with E-state index in [1.165, 1.54) is 5.56 Å². The molecule has 1 aromatic carbocycles. The third kappa shape index (κ3) is 3.55. The lowest BCUT2D eigenvalue weighted by Crippen LogP contribution is -2.21. The zero-order valence-electron chi connectivity index (χ0n) is 10.3. The summed E-state index contributed by atoms with van der Waals surface area (Å²) in [6.07, 6.45) is 3.86. The van der Waals surface area contributed by atoms with E-state index in [0.717, 1.165) is 20.3 Å². The van der Waals surface area contributed by atoms with E-state index in [4.69, 9.17) is 0 Å². The molecule has 0 aliphatic heterocycles. The Morgan fingerprint density at radius 2 is 2.22 bits per heavy atom. The highest BCUT2D eigenvalue weighted by molar-refractivity contribution is 14.1. The summed E-state index contributed by atoms with van der Waals surface area (Å²) in [5, 5.41) is 7.72. The summed E-state index contributed by atoms with van der Waals surface area (Å²) in [5.41, 5.74) is 2.33. The molecule has 0 atom stereocenters. The molecule has 0 saturated carbocycles. The minimum Gasteiger partial charge on any atom is -0.310 e. The van der Waals surface area contributed by atoms with Crippen LogP contribution in [0.1, 0.15) is 19.4 Å². The fourth-order valence-electron chi connectivity index (χ4n) is 1.60. The Labute approximate surface area is 129 Å². The number of nitrogens with zero attached hydrogens (tertiary/aromatic N) is 2. The number of hydrogen-bond donors (Lipinski definition) is 1. The number of rotatable bonds is 4. The molecule has 0 spiro atoms. The number of benzene rings is 1. The molecule has 18 heavy (non-hydrogen) atoms. The van der Waals surface area contributed by atoms with Gasteiger partial charge in [0.05, 0.1) is 15.5 Å². The monoisotopic (exact) mass is 419 g/mol. The summed E-state index contributed by atoms with van der Waals surface area (Å²) >= 11 is 5.87. The molecule has 0 radical (unpaired) electrons. The van der Waals surface area contributed by atoms with Crippen molar-refractivity contribution in [1.82, 2.24) is 15.1 Å². The van der Waals surface area contributed by atoms with Crippen molar-refractivity contribution in [2.75, 3.05) is 0 Å². The molecule has 0 aliphatic rings. The van der Waals surface area contributed by atoms with Crippen LogP contribution < -0.4 is 5.32 Å². The highest BCUT2D eigenvalue weighted by atomic mass is 127. The van der Waals surface area contributed by atoms with Crippen LogP contribution >= 0.6 is 38.5 Å². The molecule has 96 valence electrons. The second kappa shape index (κ2) is 6.16. The number of halogens is 2. The van der Waals surface area contributed by atoms with Gasteiger partial charge in [0.15, 0.2) is 0 Å². The fourth-order valence-corrected chi connectivity index (χ4v) is 2.60. The van der Waals surface area contributed by atoms with Crippen LogP contribution in [-0.4, -0.2) is 15.8 Å². The van der Waals surface area contributed by atoms with Gasteiger partial charge in [0.25, 0.3) is 0 Å². The van der Waals surface area contributed by atoms with Gasteiger partial charge < -0.3 is 5.32 Å². The van der Waals surface area contributed by atoms with Crippen molar-refractivity contribution in [3.8, 4) is 5.69 Å². The molecule has 1 aromatic heterocycles. The van der Waals surface area contributed by atoms with Gasteiger partial charge in [-0.25, -0.2) is 4.68 Å². The first-order valence-electron chi connectivity index (χ1n) is 5.78. The quantitative estimate of drug-likeness (QED) is 0.765. The van der Waals surface area contributed by atoms with Crippen molar-refractivity contribution in [2.24, 2.45) is 0 Å². The van der Waals surface area contributed by atoms with Crippen LogP contribution in [-0.2, 0) is 6.54 Å². The topological polar surface area (TPSA) is 29.9 Å². The summed E-state index contributed by atoms with van der Waals surface area (Å²) in [5.74, 6) is 0. The smallest absolute Gasteiger partial charge is 0.0788 e. The van der Waals surface area contributed by atoms with Gasteiger partial charge in [0.2, 0.25) is 0 Å². The Morgan fingerprint density at radius 1 is 1.44 bits per heavy atom. The first-order valence-corrected chi connectivity index (χ1v) is 7.66. The fraction of sp³-hybridized carbons (Fsp3) is 0.308. The van der Waals surface area contributed by atoms with Crippen molar-refractivity contribution in [3.63, 3.8) is 0 Å². The van der Waals surface area contributed by atoms with Crippen LogP contribution in [0.3, 0.4) is 0 Å². The van der Waals surface area contributed by atoms with Crippen LogP contribution in [0.15, 0.2) is 35.1 Å². The molecule has 2 aromatic rings. The molecule has 0 aliphatic carbocycles. The van der Waals surface area contributed by atoms with Gasteiger partial charge in [-0.1, -0.05) is 19.9 Å². The molecular formula is C13H15BrIN3. The maximum Gasteiger partial charge on any atom is 0.0788 e. The zero-order valence-corrected chi connectivity index (χ0v) is 14.1. The van der Waals surface area contributed by atoms with Gasteiger partial charge in [-0.05, 0) is 56.2 Å². The molecule has 3 nitrogen and oxygen atoms in total. The summed E-state index contributed by atoms with van der Waals surface area (Å²) in [4.78, 5) is 0. The summed E-state index contributed by atoms with van der Waals surface area (Å²) in [7, 11) is 0. The van der Waals surface area contributed by atoms with E-state index in [0.29, 0.717) is 6.04 Å². The summed E-state index contributed by atoms with van der Waals surface area (Å²) < 4.78 is 4.07. The van der Waals surface area contributed by atoms with Gasteiger partial charge in [-0.3, -0.25) is 0 Å². The largest absolute Gasteiger partial charge is 0.310 e. The third-order valence-corrected chi connectivity index (χ3v) is 3.72. The Morgan fingerprint density at radius 3 is 2.78 bits per heavy atom. The Balaban J connectivity index is 2.20. The van der Waals surface area contributed by atoms with Gasteiger partial charge in [-0.15, -0.1) is 0 Å². The van der Waals surface area contributed by atoms with Gasteiger partial charge >= 0.3 is 0 Å². The van der Waals surface area contributed by atoms with Crippen molar-refractivity contribution in [2.45, 2.75) is 26.4 Å². The minimum atomic E-state index is 0.496. The molecule has 1 N–H and O–H groups in total. The van der Waals surface area contributed by atoms with Gasteiger partial charge in [0, 0.05) is 23.3 Å². The first kappa shape index (κ1) is 14.0. The van der Waals surface area contributed by atoms with E-state index >= 15 is 0 Å². The average molecular weight is 420 g/mol. The van der Waals surface area contributed by atoms with E-state index in [2.05, 4.69) is 81.0 Å². The Kier molecular flexibility index (Phi) is 4.80. The van der Waals surface area contributed by atoms with Crippen LogP contribution in [0.25, 0.3) is 5.69 Å². The maximum atomic E-state index is 4.31. The lowest BCUT2D eigenvalue weighted by atomic mass is 10.2. The lowest BCUT2D eigenvalue weighted by Gasteiger charge is -2.10. The second-order valence-electron chi connectivity index (χ2n) is 4.42. The van der Waals surface area contributed by atoms with E-state index in [1.54, 1.807) is 0 Å². The Hall–Kier alpha value is -0.400. The van der Waals surface area contributed by atoms with Crippen LogP contribution in [0.5, 0.6) is 0 Å². The van der Waals surface area contributed by atoms with Crippen molar-refractivity contribution in [1.29, 1.82) is 0 Å². The molecule has 2 rings (SSSR count). The molecule has 0 bridgehead atoms. The number of nitrogens with one attached hydrogen (secondary N) is 1. The van der Waals surface area contributed by atoms with E-state index < -0.39 is 0 Å². The van der Waals surface area contributed by atoms with Crippen molar-refractivity contribution in [3.05, 3.63) is 44.2 Å². The first-order chi connectivity index (χ1) is 8.56. The molecule has 1 heterocycles. The third-order valence-electron chi connectivity index (χ3n) is 2.52. The summed E-state index contributed by atoms with van der Waals surface area (Å²) in [6.45, 7) is 5.18. The van der Waals surface area contributed by atoms with Crippen LogP contribution in [0, 0.1) is 3.57 Å². The van der Waals surface area contributed by atoms with Gasteiger partial charge in [-0.2, -0.15) is 5.10 Å². The van der Waals surface area contributed by atoms with Crippen LogP contribution in [0.4, 0.5) is 0 Å². The SMILES string of the molecule is CC(C)NCc1ccc(-n2cc(I)cn2)c(Br)c1.